The first-order chi connectivity index (χ1) is 12.4. The van der Waals surface area contributed by atoms with Gasteiger partial charge in [0.25, 0.3) is 0 Å². The first kappa shape index (κ1) is 18.8. The SMILES string of the molecule is NCC1=C(I)C(CC(=O)N[C@H]2Cc3cccc(C(=O)O)c3OB2O)N=N1. The van der Waals surface area contributed by atoms with Gasteiger partial charge in [0, 0.05) is 10.1 Å². The van der Waals surface area contributed by atoms with E-state index in [2.05, 4.69) is 38.1 Å². The summed E-state index contributed by atoms with van der Waals surface area (Å²) >= 11 is 2.08. The van der Waals surface area contributed by atoms with Gasteiger partial charge in [-0.1, -0.05) is 12.1 Å². The molecule has 0 bridgehead atoms. The number of azo groups is 1. The van der Waals surface area contributed by atoms with Crippen LogP contribution in [0.5, 0.6) is 5.75 Å². The zero-order chi connectivity index (χ0) is 18.8. The van der Waals surface area contributed by atoms with Crippen molar-refractivity contribution in [3.8, 4) is 5.75 Å². The molecule has 2 aliphatic rings. The van der Waals surface area contributed by atoms with E-state index in [4.69, 9.17) is 10.4 Å². The third-order valence-corrected chi connectivity index (χ3v) is 5.50. The summed E-state index contributed by atoms with van der Waals surface area (Å²) in [5.41, 5.74) is 6.81. The predicted molar refractivity (Wildman–Crippen MR) is 101 cm³/mol. The molecular formula is C15H16BIN4O5. The normalized spacial score (nSPS) is 21.4. The van der Waals surface area contributed by atoms with E-state index >= 15 is 0 Å². The number of carboxylic acid groups (broad SMARTS) is 1. The van der Waals surface area contributed by atoms with Crippen LogP contribution < -0.4 is 15.7 Å². The highest BCUT2D eigenvalue weighted by molar-refractivity contribution is 14.1. The highest BCUT2D eigenvalue weighted by Crippen LogP contribution is 2.31. The van der Waals surface area contributed by atoms with Crippen molar-refractivity contribution in [1.29, 1.82) is 0 Å². The summed E-state index contributed by atoms with van der Waals surface area (Å²) in [6, 6.07) is 4.34. The lowest BCUT2D eigenvalue weighted by Crippen LogP contribution is -2.53. The first-order valence-corrected chi connectivity index (χ1v) is 8.97. The van der Waals surface area contributed by atoms with Gasteiger partial charge < -0.3 is 25.8 Å². The Morgan fingerprint density at radius 3 is 2.88 bits per heavy atom. The summed E-state index contributed by atoms with van der Waals surface area (Å²) < 4.78 is 6.18. The molecule has 11 heteroatoms. The Balaban J connectivity index is 1.67. The summed E-state index contributed by atoms with van der Waals surface area (Å²) in [5.74, 6) is -2.01. The summed E-state index contributed by atoms with van der Waals surface area (Å²) in [6.07, 6.45) is 0.340. The number of para-hydroxylation sites is 1. The van der Waals surface area contributed by atoms with Crippen molar-refractivity contribution in [2.24, 2.45) is 16.0 Å². The lowest BCUT2D eigenvalue weighted by Gasteiger charge is -2.29. The number of aromatic carboxylic acids is 1. The summed E-state index contributed by atoms with van der Waals surface area (Å²) in [4.78, 5) is 23.6. The van der Waals surface area contributed by atoms with Gasteiger partial charge in [0.05, 0.1) is 23.6 Å². The second-order valence-corrected chi connectivity index (χ2v) is 7.08. The molecule has 1 aromatic rings. The standard InChI is InChI=1S/C15H16BIN4O5/c17-13-9(20-21-10(13)6-18)5-12(22)19-11-4-7-2-1-3-8(15(23)24)14(7)26-16(11)25/h1-3,9,11,25H,4-6,18H2,(H,19,22)(H,23,24)/t9?,11-/m0/s1. The Hall–Kier alpha value is -1.99. The van der Waals surface area contributed by atoms with Gasteiger partial charge in [-0.15, -0.1) is 0 Å². The second-order valence-electron chi connectivity index (χ2n) is 5.92. The van der Waals surface area contributed by atoms with Gasteiger partial charge in [-0.2, -0.15) is 10.2 Å². The van der Waals surface area contributed by atoms with Crippen LogP contribution in [-0.4, -0.2) is 47.7 Å². The quantitative estimate of drug-likeness (QED) is 0.368. The van der Waals surface area contributed by atoms with Crippen molar-refractivity contribution in [3.63, 3.8) is 0 Å². The zero-order valence-electron chi connectivity index (χ0n) is 13.6. The number of nitrogens with two attached hydrogens (primary N) is 1. The third kappa shape index (κ3) is 3.74. The first-order valence-electron chi connectivity index (χ1n) is 7.89. The molecule has 0 radical (unpaired) electrons. The van der Waals surface area contributed by atoms with Crippen molar-refractivity contribution < 1.29 is 24.4 Å². The van der Waals surface area contributed by atoms with E-state index in [0.29, 0.717) is 11.3 Å². The molecule has 0 fully saturated rings. The summed E-state index contributed by atoms with van der Waals surface area (Å²) in [7, 11) is -1.34. The van der Waals surface area contributed by atoms with Crippen LogP contribution in [0.25, 0.3) is 0 Å². The van der Waals surface area contributed by atoms with E-state index in [1.54, 1.807) is 12.1 Å². The predicted octanol–water partition coefficient (Wildman–Crippen LogP) is 0.654. The Bertz CT molecular complexity index is 815. The number of benzene rings is 1. The average Bonchev–Trinajstić information content (AvgIpc) is 2.94. The van der Waals surface area contributed by atoms with Gasteiger partial charge in [-0.3, -0.25) is 4.79 Å². The number of nitrogens with zero attached hydrogens (tertiary/aromatic N) is 2. The molecule has 0 saturated heterocycles. The van der Waals surface area contributed by atoms with E-state index in [0.717, 1.165) is 3.58 Å². The molecule has 0 aromatic heterocycles. The fourth-order valence-corrected chi connectivity index (χ4v) is 3.53. The number of halogens is 1. The monoisotopic (exact) mass is 470 g/mol. The van der Waals surface area contributed by atoms with Crippen molar-refractivity contribution in [3.05, 3.63) is 38.6 Å². The van der Waals surface area contributed by atoms with Crippen molar-refractivity contribution >= 4 is 41.6 Å². The highest BCUT2D eigenvalue weighted by Gasteiger charge is 2.38. The smallest absolute Gasteiger partial charge is 0.534 e. The van der Waals surface area contributed by atoms with Crippen LogP contribution in [0.2, 0.25) is 0 Å². The Labute approximate surface area is 163 Å². The van der Waals surface area contributed by atoms with Crippen molar-refractivity contribution in [2.75, 3.05) is 6.54 Å². The Kier molecular flexibility index (Phi) is 5.58. The molecule has 136 valence electrons. The molecule has 5 N–H and O–H groups in total. The number of carboxylic acids is 1. The van der Waals surface area contributed by atoms with E-state index in [1.165, 1.54) is 6.07 Å². The van der Waals surface area contributed by atoms with Crippen LogP contribution in [0.1, 0.15) is 22.3 Å². The van der Waals surface area contributed by atoms with Crippen molar-refractivity contribution in [2.45, 2.75) is 24.8 Å². The molecule has 1 unspecified atom stereocenters. The number of carbonyl (C=O) groups is 2. The van der Waals surface area contributed by atoms with Crippen molar-refractivity contribution in [1.82, 2.24) is 5.32 Å². The fraction of sp³-hybridized carbons (Fsp3) is 0.333. The summed E-state index contributed by atoms with van der Waals surface area (Å²) in [5, 5.41) is 30.1. The maximum absolute atomic E-state index is 12.3. The molecule has 26 heavy (non-hydrogen) atoms. The van der Waals surface area contributed by atoms with E-state index in [1.807, 2.05) is 0 Å². The largest absolute Gasteiger partial charge is 0.547 e. The number of carbonyl (C=O) groups excluding carboxylic acids is 1. The Morgan fingerprint density at radius 1 is 1.46 bits per heavy atom. The number of fused-ring (bicyclic) bond motifs is 1. The number of hydrogen-bond acceptors (Lipinski definition) is 7. The van der Waals surface area contributed by atoms with Crippen LogP contribution in [0.3, 0.4) is 0 Å². The van der Waals surface area contributed by atoms with Crippen LogP contribution in [0.4, 0.5) is 0 Å². The number of nitrogens with one attached hydrogen (secondary N) is 1. The van der Waals surface area contributed by atoms with Gasteiger partial charge in [0.15, 0.2) is 0 Å². The molecule has 3 rings (SSSR count). The minimum Gasteiger partial charge on any atom is -0.534 e. The molecule has 2 heterocycles. The van der Waals surface area contributed by atoms with Crippen LogP contribution in [-0.2, 0) is 11.2 Å². The molecular weight excluding hydrogens is 454 g/mol. The molecule has 1 amide bonds. The Morgan fingerprint density at radius 2 is 2.23 bits per heavy atom. The molecule has 2 aliphatic heterocycles. The molecule has 0 spiro atoms. The van der Waals surface area contributed by atoms with Gasteiger partial charge in [0.2, 0.25) is 5.91 Å². The molecule has 9 nitrogen and oxygen atoms in total. The van der Waals surface area contributed by atoms with Crippen LogP contribution in [0, 0.1) is 0 Å². The van der Waals surface area contributed by atoms with Crippen LogP contribution >= 0.6 is 22.6 Å². The lowest BCUT2D eigenvalue weighted by atomic mass is 9.72. The highest BCUT2D eigenvalue weighted by atomic mass is 127. The van der Waals surface area contributed by atoms with Crippen LogP contribution in [0.15, 0.2) is 37.7 Å². The second kappa shape index (κ2) is 7.72. The van der Waals surface area contributed by atoms with Gasteiger partial charge >= 0.3 is 13.1 Å². The van der Waals surface area contributed by atoms with Gasteiger partial charge in [0.1, 0.15) is 11.8 Å². The summed E-state index contributed by atoms with van der Waals surface area (Å²) in [6.45, 7) is 0.262. The molecule has 0 saturated carbocycles. The molecule has 0 aliphatic carbocycles. The van der Waals surface area contributed by atoms with Gasteiger partial charge in [-0.05, 0) is 40.6 Å². The minimum atomic E-state index is -1.34. The minimum absolute atomic E-state index is 0.0216. The van der Waals surface area contributed by atoms with Gasteiger partial charge in [-0.25, -0.2) is 4.79 Å². The number of amides is 1. The zero-order valence-corrected chi connectivity index (χ0v) is 15.7. The molecule has 1 aromatic carbocycles. The fourth-order valence-electron chi connectivity index (χ4n) is 2.86. The van der Waals surface area contributed by atoms with E-state index in [-0.39, 0.29) is 42.6 Å². The number of hydrogen-bond donors (Lipinski definition) is 4. The number of rotatable bonds is 5. The third-order valence-electron chi connectivity index (χ3n) is 4.15. The average molecular weight is 470 g/mol. The topological polar surface area (TPSA) is 147 Å². The lowest BCUT2D eigenvalue weighted by molar-refractivity contribution is -0.121. The maximum atomic E-state index is 12.3. The molecule has 2 atom stereocenters. The maximum Gasteiger partial charge on any atom is 0.547 e. The van der Waals surface area contributed by atoms with E-state index < -0.39 is 19.0 Å². The van der Waals surface area contributed by atoms with E-state index in [9.17, 15) is 19.7 Å².